The summed E-state index contributed by atoms with van der Waals surface area (Å²) in [5.41, 5.74) is 9.29. The summed E-state index contributed by atoms with van der Waals surface area (Å²) in [6.07, 6.45) is 6.00. The highest BCUT2D eigenvalue weighted by Crippen LogP contribution is 2.26. The molecule has 1 fully saturated rings. The van der Waals surface area contributed by atoms with Crippen LogP contribution in [0, 0.1) is 37.8 Å². The fraction of sp³-hybridized carbons (Fsp3) is 0.333. The van der Waals surface area contributed by atoms with Gasteiger partial charge in [0.15, 0.2) is 5.82 Å². The zero-order chi connectivity index (χ0) is 26.1. The lowest BCUT2D eigenvalue weighted by atomic mass is 10.0. The maximum absolute atomic E-state index is 10.8. The highest BCUT2D eigenvalue weighted by atomic mass is 16.6. The van der Waals surface area contributed by atoms with Crippen LogP contribution in [0.1, 0.15) is 48.5 Å². The lowest BCUT2D eigenvalue weighted by molar-refractivity contribution is -0.384. The molecule has 0 atom stereocenters. The standard InChI is InChI=1S/C10H10N4O3.C10H12N4O.C4H8/c1-6-3-4-8(14(15)16)10(11-6)12-9-5-7(2)13-17-9;1-6-3-4-8(11)10(12-6)13-9-5-7(2)14-15-9;1-2-4-3-1/h3-5H,1-2H3,(H,11,12);3-5H,11H2,1-2H3,(H,12,13);1-4H2. The molecule has 4 aromatic rings. The monoisotopic (exact) mass is 494 g/mol. The molecule has 36 heavy (non-hydrogen) atoms. The van der Waals surface area contributed by atoms with Gasteiger partial charge in [-0.1, -0.05) is 36.0 Å². The Hall–Kier alpha value is -4.48. The second kappa shape index (κ2) is 12.3. The summed E-state index contributed by atoms with van der Waals surface area (Å²) < 4.78 is 9.93. The number of rotatable bonds is 5. The smallest absolute Gasteiger partial charge is 0.311 e. The minimum Gasteiger partial charge on any atom is -0.396 e. The van der Waals surface area contributed by atoms with Gasteiger partial charge >= 0.3 is 5.69 Å². The molecule has 0 aromatic carbocycles. The molecule has 0 aliphatic heterocycles. The van der Waals surface area contributed by atoms with Gasteiger partial charge in [0.2, 0.25) is 17.6 Å². The van der Waals surface area contributed by atoms with E-state index in [1.165, 1.54) is 31.7 Å². The molecular weight excluding hydrogens is 464 g/mol. The minimum atomic E-state index is -0.502. The molecule has 5 rings (SSSR count). The molecule has 12 nitrogen and oxygen atoms in total. The van der Waals surface area contributed by atoms with Crippen molar-refractivity contribution >= 4 is 34.8 Å². The third-order valence-corrected chi connectivity index (χ3v) is 5.01. The number of nitrogens with one attached hydrogen (secondary N) is 2. The van der Waals surface area contributed by atoms with Crippen molar-refractivity contribution in [3.05, 3.63) is 69.3 Å². The highest BCUT2D eigenvalue weighted by Gasteiger charge is 2.16. The number of nitrogen functional groups attached to an aromatic ring is 1. The number of nitrogens with zero attached hydrogens (tertiary/aromatic N) is 5. The van der Waals surface area contributed by atoms with Gasteiger partial charge in [0.05, 0.1) is 22.0 Å². The predicted octanol–water partition coefficient (Wildman–Crippen LogP) is 5.91. The third-order valence-electron chi connectivity index (χ3n) is 5.01. The molecule has 1 aliphatic rings. The predicted molar refractivity (Wildman–Crippen MR) is 137 cm³/mol. The molecule has 0 saturated heterocycles. The van der Waals surface area contributed by atoms with E-state index in [2.05, 4.69) is 30.9 Å². The van der Waals surface area contributed by atoms with Crippen molar-refractivity contribution < 1.29 is 14.0 Å². The Kier molecular flexibility index (Phi) is 8.92. The number of hydrogen-bond donors (Lipinski definition) is 3. The quantitative estimate of drug-likeness (QED) is 0.222. The molecular formula is C24H30N8O4. The SMILES string of the molecule is C1CCC1.Cc1cc(Nc2nc(C)ccc2N)on1.Cc1cc(Nc2nc(C)ccc2[N+](=O)[O-])on1. The Morgan fingerprint density at radius 2 is 1.25 bits per heavy atom. The Balaban J connectivity index is 0.000000174. The summed E-state index contributed by atoms with van der Waals surface area (Å²) in [4.78, 5) is 18.6. The lowest BCUT2D eigenvalue weighted by Gasteiger charge is -2.05. The van der Waals surface area contributed by atoms with E-state index < -0.39 is 4.92 Å². The van der Waals surface area contributed by atoms with Crippen molar-refractivity contribution in [3.8, 4) is 0 Å². The van der Waals surface area contributed by atoms with Gasteiger partial charge in [-0.3, -0.25) is 10.1 Å². The molecule has 0 amide bonds. The summed E-state index contributed by atoms with van der Waals surface area (Å²) in [5.74, 6) is 1.60. The number of aromatic nitrogens is 4. The molecule has 0 spiro atoms. The van der Waals surface area contributed by atoms with Crippen LogP contribution in [0.5, 0.6) is 0 Å². The van der Waals surface area contributed by atoms with Gasteiger partial charge in [-0.25, -0.2) is 9.97 Å². The largest absolute Gasteiger partial charge is 0.396 e. The first-order valence-corrected chi connectivity index (χ1v) is 11.5. The number of hydrogen-bond acceptors (Lipinski definition) is 11. The van der Waals surface area contributed by atoms with E-state index >= 15 is 0 Å². The van der Waals surface area contributed by atoms with Crippen LogP contribution < -0.4 is 16.4 Å². The van der Waals surface area contributed by atoms with Crippen molar-refractivity contribution in [1.82, 2.24) is 20.3 Å². The van der Waals surface area contributed by atoms with Gasteiger partial charge in [-0.2, -0.15) is 0 Å². The van der Waals surface area contributed by atoms with E-state index in [0.717, 1.165) is 11.4 Å². The van der Waals surface area contributed by atoms with Crippen molar-refractivity contribution in [2.24, 2.45) is 0 Å². The maximum Gasteiger partial charge on any atom is 0.311 e. The lowest BCUT2D eigenvalue weighted by Crippen LogP contribution is -2.00. The molecule has 4 aromatic heterocycles. The van der Waals surface area contributed by atoms with Crippen LogP contribution in [-0.2, 0) is 0 Å². The maximum atomic E-state index is 10.8. The summed E-state index contributed by atoms with van der Waals surface area (Å²) in [7, 11) is 0. The van der Waals surface area contributed by atoms with Crippen LogP contribution in [-0.4, -0.2) is 25.2 Å². The molecule has 4 N–H and O–H groups in total. The van der Waals surface area contributed by atoms with Crippen LogP contribution >= 0.6 is 0 Å². The molecule has 1 aliphatic carbocycles. The fourth-order valence-electron chi connectivity index (χ4n) is 2.78. The molecule has 0 radical (unpaired) electrons. The van der Waals surface area contributed by atoms with Crippen LogP contribution in [0.3, 0.4) is 0 Å². The third kappa shape index (κ3) is 7.79. The minimum absolute atomic E-state index is 0.107. The van der Waals surface area contributed by atoms with E-state index in [1.807, 2.05) is 19.9 Å². The van der Waals surface area contributed by atoms with Crippen LogP contribution in [0.25, 0.3) is 0 Å². The normalized spacial score (nSPS) is 11.8. The fourth-order valence-corrected chi connectivity index (χ4v) is 2.78. The van der Waals surface area contributed by atoms with E-state index in [-0.39, 0.29) is 11.5 Å². The van der Waals surface area contributed by atoms with Crippen molar-refractivity contribution in [2.75, 3.05) is 16.4 Å². The second-order valence-corrected chi connectivity index (χ2v) is 8.30. The van der Waals surface area contributed by atoms with Gasteiger partial charge in [0, 0.05) is 29.6 Å². The number of nitrogens with two attached hydrogens (primary N) is 1. The van der Waals surface area contributed by atoms with Crippen LogP contribution in [0.15, 0.2) is 45.4 Å². The zero-order valence-electron chi connectivity index (χ0n) is 20.7. The van der Waals surface area contributed by atoms with Crippen molar-refractivity contribution in [1.29, 1.82) is 0 Å². The average Bonchev–Trinajstić information content (AvgIpc) is 3.37. The summed E-state index contributed by atoms with van der Waals surface area (Å²) in [5, 5.41) is 23.9. The van der Waals surface area contributed by atoms with Gasteiger partial charge < -0.3 is 25.4 Å². The van der Waals surface area contributed by atoms with Crippen LogP contribution in [0.2, 0.25) is 0 Å². The Labute approximate surface area is 208 Å². The Morgan fingerprint density at radius 3 is 1.69 bits per heavy atom. The topological polar surface area (TPSA) is 171 Å². The summed E-state index contributed by atoms with van der Waals surface area (Å²) in [6.45, 7) is 7.26. The zero-order valence-corrected chi connectivity index (χ0v) is 20.7. The number of anilines is 5. The van der Waals surface area contributed by atoms with E-state index in [1.54, 1.807) is 38.1 Å². The van der Waals surface area contributed by atoms with Gasteiger partial charge in [0.1, 0.15) is 0 Å². The first-order chi connectivity index (χ1) is 17.2. The molecule has 12 heteroatoms. The molecule has 0 bridgehead atoms. The van der Waals surface area contributed by atoms with E-state index in [0.29, 0.717) is 34.7 Å². The first-order valence-electron chi connectivity index (χ1n) is 11.5. The van der Waals surface area contributed by atoms with Gasteiger partial charge in [-0.15, -0.1) is 0 Å². The van der Waals surface area contributed by atoms with Gasteiger partial charge in [-0.05, 0) is 45.9 Å². The van der Waals surface area contributed by atoms with Crippen molar-refractivity contribution in [3.63, 3.8) is 0 Å². The average molecular weight is 495 g/mol. The van der Waals surface area contributed by atoms with Crippen LogP contribution in [0.4, 0.5) is 34.8 Å². The molecule has 0 unspecified atom stereocenters. The Bertz CT molecular complexity index is 1290. The van der Waals surface area contributed by atoms with E-state index in [9.17, 15) is 10.1 Å². The number of nitro groups is 1. The second-order valence-electron chi connectivity index (χ2n) is 8.30. The van der Waals surface area contributed by atoms with Crippen molar-refractivity contribution in [2.45, 2.75) is 53.4 Å². The molecule has 4 heterocycles. The Morgan fingerprint density at radius 1 is 0.778 bits per heavy atom. The number of aryl methyl sites for hydroxylation is 4. The summed E-state index contributed by atoms with van der Waals surface area (Å²) >= 11 is 0. The summed E-state index contributed by atoms with van der Waals surface area (Å²) in [6, 6.07) is 10.0. The number of pyridine rings is 2. The van der Waals surface area contributed by atoms with E-state index in [4.69, 9.17) is 14.8 Å². The first kappa shape index (κ1) is 26.1. The molecule has 1 saturated carbocycles. The molecule has 190 valence electrons. The van der Waals surface area contributed by atoms with Gasteiger partial charge in [0.25, 0.3) is 0 Å². The highest BCUT2D eigenvalue weighted by molar-refractivity contribution is 5.66.